The first-order chi connectivity index (χ1) is 8.04. The molecule has 2 rings (SSSR count). The van der Waals surface area contributed by atoms with Gasteiger partial charge in [-0.2, -0.15) is 8.42 Å². The van der Waals surface area contributed by atoms with Crippen LogP contribution in [0.5, 0.6) is 0 Å². The van der Waals surface area contributed by atoms with Crippen LogP contribution in [0, 0.1) is 0 Å². The minimum Gasteiger partial charge on any atom is -0.299 e. The normalized spacial score (nSPS) is 17.8. The van der Waals surface area contributed by atoms with Gasteiger partial charge < -0.3 is 0 Å². The van der Waals surface area contributed by atoms with Crippen LogP contribution in [0.15, 0.2) is 5.16 Å². The average Bonchev–Trinajstić information content (AvgIpc) is 2.82. The molecule has 1 fully saturated rings. The second-order valence-electron chi connectivity index (χ2n) is 4.41. The summed E-state index contributed by atoms with van der Waals surface area (Å²) in [4.78, 5) is 0. The van der Waals surface area contributed by atoms with Crippen molar-refractivity contribution in [1.82, 2.24) is 14.8 Å². The molecule has 1 heterocycles. The molecule has 5 nitrogen and oxygen atoms in total. The highest BCUT2D eigenvalue weighted by atomic mass is 32.3. The molecule has 1 aliphatic rings. The van der Waals surface area contributed by atoms with E-state index in [4.69, 9.17) is 0 Å². The van der Waals surface area contributed by atoms with Crippen LogP contribution in [-0.2, 0) is 16.8 Å². The Bertz CT molecular complexity index is 492. The van der Waals surface area contributed by atoms with E-state index in [1.165, 1.54) is 4.57 Å². The van der Waals surface area contributed by atoms with E-state index < -0.39 is 15.4 Å². The third-order valence-electron chi connectivity index (χ3n) is 3.13. The van der Waals surface area contributed by atoms with Crippen molar-refractivity contribution in [3.8, 4) is 0 Å². The van der Waals surface area contributed by atoms with Gasteiger partial charge in [-0.05, 0) is 19.3 Å². The average molecular weight is 261 g/mol. The molecule has 17 heavy (non-hydrogen) atoms. The summed E-state index contributed by atoms with van der Waals surface area (Å²) in [6.07, 6.45) is 4.91. The predicted octanol–water partition coefficient (Wildman–Crippen LogP) is 2.00. The zero-order chi connectivity index (χ0) is 12.5. The zero-order valence-electron chi connectivity index (χ0n) is 9.76. The molecular formula is C10H16FN3O2S. The van der Waals surface area contributed by atoms with E-state index in [1.807, 2.05) is 6.92 Å². The van der Waals surface area contributed by atoms with Crippen molar-refractivity contribution in [3.63, 3.8) is 0 Å². The van der Waals surface area contributed by atoms with Gasteiger partial charge in [0.2, 0.25) is 0 Å². The molecule has 1 aromatic rings. The third-order valence-corrected chi connectivity index (χ3v) is 3.87. The minimum absolute atomic E-state index is 0.226. The van der Waals surface area contributed by atoms with E-state index in [0.29, 0.717) is 12.4 Å². The molecule has 0 N–H and O–H groups in total. The van der Waals surface area contributed by atoms with Crippen LogP contribution < -0.4 is 0 Å². The Morgan fingerprint density at radius 3 is 2.53 bits per heavy atom. The van der Waals surface area contributed by atoms with Gasteiger partial charge in [-0.15, -0.1) is 10.2 Å². The molecule has 0 atom stereocenters. The van der Waals surface area contributed by atoms with Crippen molar-refractivity contribution in [2.45, 2.75) is 56.6 Å². The summed E-state index contributed by atoms with van der Waals surface area (Å²) >= 11 is 0. The summed E-state index contributed by atoms with van der Waals surface area (Å²) in [7, 11) is -4.78. The number of aromatic nitrogens is 3. The molecule has 7 heteroatoms. The fourth-order valence-corrected chi connectivity index (χ4v) is 2.99. The summed E-state index contributed by atoms with van der Waals surface area (Å²) in [5.41, 5.74) is 0. The van der Waals surface area contributed by atoms with E-state index >= 15 is 0 Å². The van der Waals surface area contributed by atoms with Gasteiger partial charge in [0.15, 0.2) is 0 Å². The van der Waals surface area contributed by atoms with Crippen LogP contribution in [0.2, 0.25) is 0 Å². The molecule has 1 aliphatic carbocycles. The van der Waals surface area contributed by atoms with E-state index in [1.54, 1.807) is 0 Å². The van der Waals surface area contributed by atoms with Crippen LogP contribution in [0.4, 0.5) is 3.89 Å². The van der Waals surface area contributed by atoms with Gasteiger partial charge in [0, 0.05) is 12.5 Å². The second kappa shape index (κ2) is 4.72. The van der Waals surface area contributed by atoms with Gasteiger partial charge in [0.1, 0.15) is 5.82 Å². The van der Waals surface area contributed by atoms with E-state index in [2.05, 4.69) is 10.2 Å². The van der Waals surface area contributed by atoms with Crippen molar-refractivity contribution in [2.24, 2.45) is 0 Å². The number of nitrogens with zero attached hydrogens (tertiary/aromatic N) is 3. The molecule has 0 aliphatic heterocycles. The molecule has 0 radical (unpaired) electrons. The fraction of sp³-hybridized carbons (Fsp3) is 0.800. The maximum Gasteiger partial charge on any atom is 0.368 e. The minimum atomic E-state index is -4.78. The van der Waals surface area contributed by atoms with Gasteiger partial charge in [-0.25, -0.2) is 0 Å². The molecule has 1 aromatic heterocycles. The molecule has 0 unspecified atom stereocenters. The lowest BCUT2D eigenvalue weighted by molar-refractivity contribution is 0.503. The van der Waals surface area contributed by atoms with Gasteiger partial charge >= 0.3 is 10.2 Å². The van der Waals surface area contributed by atoms with Crippen molar-refractivity contribution < 1.29 is 12.3 Å². The Morgan fingerprint density at radius 2 is 2.00 bits per heavy atom. The highest BCUT2D eigenvalue weighted by Gasteiger charge is 2.29. The predicted molar refractivity (Wildman–Crippen MR) is 59.8 cm³/mol. The van der Waals surface area contributed by atoms with E-state index in [0.717, 1.165) is 32.1 Å². The summed E-state index contributed by atoms with van der Waals surface area (Å²) in [6, 6.07) is 0. The van der Waals surface area contributed by atoms with Gasteiger partial charge in [0.05, 0.1) is 0 Å². The standard InChI is InChI=1S/C10H16FN3O2S/c1-2-7-14-9(8-5-3-4-6-8)12-13-10(14)17(11,15)16/h8H,2-7H2,1H3. The molecular weight excluding hydrogens is 245 g/mol. The van der Waals surface area contributed by atoms with Crippen LogP contribution in [0.25, 0.3) is 0 Å². The molecule has 0 spiro atoms. The number of rotatable bonds is 4. The number of hydrogen-bond acceptors (Lipinski definition) is 4. The van der Waals surface area contributed by atoms with Crippen LogP contribution in [0.1, 0.15) is 50.8 Å². The summed E-state index contributed by atoms with van der Waals surface area (Å²) in [6.45, 7) is 2.35. The van der Waals surface area contributed by atoms with Crippen molar-refractivity contribution in [3.05, 3.63) is 5.82 Å². The largest absolute Gasteiger partial charge is 0.368 e. The maximum absolute atomic E-state index is 13.1. The Balaban J connectivity index is 2.42. The molecule has 1 saturated carbocycles. The lowest BCUT2D eigenvalue weighted by atomic mass is 10.1. The van der Waals surface area contributed by atoms with Crippen molar-refractivity contribution in [2.75, 3.05) is 0 Å². The highest BCUT2D eigenvalue weighted by molar-refractivity contribution is 7.86. The fourth-order valence-electron chi connectivity index (χ4n) is 2.40. The zero-order valence-corrected chi connectivity index (χ0v) is 10.6. The van der Waals surface area contributed by atoms with Crippen molar-refractivity contribution >= 4 is 10.2 Å². The van der Waals surface area contributed by atoms with Crippen LogP contribution in [-0.4, -0.2) is 23.2 Å². The first kappa shape index (κ1) is 12.5. The van der Waals surface area contributed by atoms with Crippen molar-refractivity contribution in [1.29, 1.82) is 0 Å². The van der Waals surface area contributed by atoms with Crippen LogP contribution >= 0.6 is 0 Å². The molecule has 0 bridgehead atoms. The molecule has 96 valence electrons. The van der Waals surface area contributed by atoms with Crippen LogP contribution in [0.3, 0.4) is 0 Å². The Morgan fingerprint density at radius 1 is 1.35 bits per heavy atom. The maximum atomic E-state index is 13.1. The molecule has 0 amide bonds. The first-order valence-electron chi connectivity index (χ1n) is 5.91. The lowest BCUT2D eigenvalue weighted by Crippen LogP contribution is -2.11. The van der Waals surface area contributed by atoms with Gasteiger partial charge in [-0.3, -0.25) is 4.57 Å². The summed E-state index contributed by atoms with van der Waals surface area (Å²) in [5.74, 6) is 0.852. The highest BCUT2D eigenvalue weighted by Crippen LogP contribution is 2.34. The molecule has 0 saturated heterocycles. The summed E-state index contributed by atoms with van der Waals surface area (Å²) in [5, 5.41) is 6.84. The second-order valence-corrected chi connectivity index (χ2v) is 5.65. The SMILES string of the molecule is CCCn1c(C2CCCC2)nnc1S(=O)(=O)F. The smallest absolute Gasteiger partial charge is 0.299 e. The third kappa shape index (κ3) is 2.48. The topological polar surface area (TPSA) is 64.8 Å². The van der Waals surface area contributed by atoms with E-state index in [9.17, 15) is 12.3 Å². The molecule has 0 aromatic carbocycles. The number of hydrogen-bond donors (Lipinski definition) is 0. The Labute approximate surface area is 100 Å². The monoisotopic (exact) mass is 261 g/mol. The Kier molecular flexibility index (Phi) is 3.46. The van der Waals surface area contributed by atoms with Gasteiger partial charge in [0.25, 0.3) is 5.16 Å². The van der Waals surface area contributed by atoms with Gasteiger partial charge in [-0.1, -0.05) is 23.7 Å². The lowest BCUT2D eigenvalue weighted by Gasteiger charge is -2.11. The quantitative estimate of drug-likeness (QED) is 0.778. The Hall–Kier alpha value is -0.980. The first-order valence-corrected chi connectivity index (χ1v) is 7.30. The number of halogens is 1. The summed E-state index contributed by atoms with van der Waals surface area (Å²) < 4.78 is 36.4. The van der Waals surface area contributed by atoms with E-state index in [-0.39, 0.29) is 5.92 Å².